The van der Waals surface area contributed by atoms with Crippen LogP contribution in [-0.4, -0.2) is 24.6 Å². The minimum Gasteiger partial charge on any atom is -0.493 e. The molecule has 0 spiro atoms. The highest BCUT2D eigenvalue weighted by atomic mass is 16.7. The maximum absolute atomic E-state index is 5.84. The van der Waals surface area contributed by atoms with E-state index in [1.165, 1.54) is 6.42 Å². The highest BCUT2D eigenvalue weighted by molar-refractivity contribution is 4.94. The van der Waals surface area contributed by atoms with Crippen molar-refractivity contribution >= 4 is 0 Å². The van der Waals surface area contributed by atoms with Crippen LogP contribution in [0.25, 0.3) is 0 Å². The Morgan fingerprint density at radius 2 is 2.13 bits per heavy atom. The number of hydrogen-bond acceptors (Lipinski definition) is 3. The summed E-state index contributed by atoms with van der Waals surface area (Å²) in [5.74, 6) is 0.573. The van der Waals surface area contributed by atoms with Crippen LogP contribution < -0.4 is 0 Å². The summed E-state index contributed by atoms with van der Waals surface area (Å²) in [7, 11) is 0. The minimum atomic E-state index is -0.446. The maximum Gasteiger partial charge on any atom is 0.163 e. The van der Waals surface area contributed by atoms with Gasteiger partial charge in [-0.15, -0.1) is 0 Å². The van der Waals surface area contributed by atoms with Crippen LogP contribution in [0.1, 0.15) is 40.0 Å². The highest BCUT2D eigenvalue weighted by Crippen LogP contribution is 2.29. The van der Waals surface area contributed by atoms with Crippen LogP contribution in [0.4, 0.5) is 0 Å². The number of hydrogen-bond donors (Lipinski definition) is 0. The van der Waals surface area contributed by atoms with E-state index in [2.05, 4.69) is 6.08 Å². The Bertz CT molecular complexity index is 258. The molecule has 0 saturated carbocycles. The molecule has 2 aliphatic heterocycles. The lowest BCUT2D eigenvalue weighted by Crippen LogP contribution is -2.32. The summed E-state index contributed by atoms with van der Waals surface area (Å²) in [5.41, 5.74) is 0. The molecule has 0 aromatic carbocycles. The first-order chi connectivity index (χ1) is 7.07. The van der Waals surface area contributed by atoms with Crippen molar-refractivity contribution in [2.75, 3.05) is 6.61 Å². The van der Waals surface area contributed by atoms with Gasteiger partial charge in [0.15, 0.2) is 5.79 Å². The molecule has 1 saturated heterocycles. The van der Waals surface area contributed by atoms with Crippen LogP contribution in [0, 0.1) is 0 Å². The Kier molecular flexibility index (Phi) is 3.03. The lowest BCUT2D eigenvalue weighted by molar-refractivity contribution is -0.152. The molecule has 2 rings (SSSR count). The van der Waals surface area contributed by atoms with Gasteiger partial charge in [0.2, 0.25) is 0 Å². The Balaban J connectivity index is 1.96. The minimum absolute atomic E-state index is 0.0847. The smallest absolute Gasteiger partial charge is 0.163 e. The summed E-state index contributed by atoms with van der Waals surface area (Å²) in [6.07, 6.45) is 5.73. The van der Waals surface area contributed by atoms with E-state index in [4.69, 9.17) is 14.2 Å². The lowest BCUT2D eigenvalue weighted by atomic mass is 10.1. The molecule has 0 aromatic rings. The van der Waals surface area contributed by atoms with Crippen molar-refractivity contribution in [1.82, 2.24) is 0 Å². The predicted octanol–water partition coefficient (Wildman–Crippen LogP) is 2.61. The molecule has 15 heavy (non-hydrogen) atoms. The van der Waals surface area contributed by atoms with Crippen molar-refractivity contribution < 1.29 is 14.2 Å². The normalized spacial score (nSPS) is 35.5. The summed E-state index contributed by atoms with van der Waals surface area (Å²) in [5, 5.41) is 0. The van der Waals surface area contributed by atoms with Crippen molar-refractivity contribution in [2.45, 2.75) is 58.0 Å². The molecule has 1 fully saturated rings. The van der Waals surface area contributed by atoms with Gasteiger partial charge in [-0.2, -0.15) is 0 Å². The maximum atomic E-state index is 5.84. The Morgan fingerprint density at radius 1 is 1.33 bits per heavy atom. The van der Waals surface area contributed by atoms with Crippen molar-refractivity contribution in [3.05, 3.63) is 11.8 Å². The summed E-state index contributed by atoms with van der Waals surface area (Å²) >= 11 is 0. The van der Waals surface area contributed by atoms with E-state index in [9.17, 15) is 0 Å². The fourth-order valence-corrected chi connectivity index (χ4v) is 2.13. The van der Waals surface area contributed by atoms with Crippen molar-refractivity contribution in [3.63, 3.8) is 0 Å². The molecule has 0 N–H and O–H groups in total. The van der Waals surface area contributed by atoms with E-state index in [1.807, 2.05) is 20.8 Å². The molecule has 0 radical (unpaired) electrons. The molecular formula is C12H20O3. The van der Waals surface area contributed by atoms with Gasteiger partial charge in [0, 0.05) is 0 Å². The molecular weight excluding hydrogens is 192 g/mol. The summed E-state index contributed by atoms with van der Waals surface area (Å²) in [6.45, 7) is 6.56. The average Bonchev–Trinajstić information content (AvgIpc) is 2.39. The second-order valence-electron chi connectivity index (χ2n) is 4.77. The van der Waals surface area contributed by atoms with Crippen LogP contribution in [0.3, 0.4) is 0 Å². The van der Waals surface area contributed by atoms with E-state index < -0.39 is 5.79 Å². The zero-order chi connectivity index (χ0) is 10.9. The third kappa shape index (κ3) is 2.73. The average molecular weight is 212 g/mol. The topological polar surface area (TPSA) is 27.7 Å². The van der Waals surface area contributed by atoms with Gasteiger partial charge in [0.05, 0.1) is 12.4 Å². The monoisotopic (exact) mass is 212 g/mol. The van der Waals surface area contributed by atoms with Gasteiger partial charge in [-0.05, 0) is 46.1 Å². The molecule has 2 heterocycles. The van der Waals surface area contributed by atoms with Gasteiger partial charge in [-0.3, -0.25) is 0 Å². The van der Waals surface area contributed by atoms with Gasteiger partial charge < -0.3 is 14.2 Å². The Labute approximate surface area is 91.4 Å². The zero-order valence-electron chi connectivity index (χ0n) is 9.79. The SMILES string of the molecule is CC1=CCCC[C@@H]([C@H]2COC(C)(C)O2)O1. The molecule has 0 amide bonds. The third-order valence-electron chi connectivity index (χ3n) is 2.91. The summed E-state index contributed by atoms with van der Waals surface area (Å²) in [6, 6.07) is 0. The van der Waals surface area contributed by atoms with Crippen molar-refractivity contribution in [2.24, 2.45) is 0 Å². The van der Waals surface area contributed by atoms with Crippen LogP contribution in [0.2, 0.25) is 0 Å². The molecule has 0 bridgehead atoms. The lowest BCUT2D eigenvalue weighted by Gasteiger charge is -2.24. The molecule has 2 atom stereocenters. The molecule has 86 valence electrons. The molecule has 0 unspecified atom stereocenters. The largest absolute Gasteiger partial charge is 0.493 e. The van der Waals surface area contributed by atoms with E-state index >= 15 is 0 Å². The van der Waals surface area contributed by atoms with Gasteiger partial charge in [-0.1, -0.05) is 0 Å². The van der Waals surface area contributed by atoms with E-state index in [0.717, 1.165) is 18.6 Å². The summed E-state index contributed by atoms with van der Waals surface area (Å²) < 4.78 is 17.2. The van der Waals surface area contributed by atoms with E-state index in [0.29, 0.717) is 6.61 Å². The summed E-state index contributed by atoms with van der Waals surface area (Å²) in [4.78, 5) is 0. The number of ether oxygens (including phenoxy) is 3. The molecule has 0 aliphatic carbocycles. The van der Waals surface area contributed by atoms with Crippen molar-refractivity contribution in [3.8, 4) is 0 Å². The van der Waals surface area contributed by atoms with Gasteiger partial charge in [0.1, 0.15) is 12.2 Å². The Hall–Kier alpha value is -0.540. The number of rotatable bonds is 1. The highest BCUT2D eigenvalue weighted by Gasteiger charge is 2.38. The van der Waals surface area contributed by atoms with E-state index in [1.54, 1.807) is 0 Å². The molecule has 0 aromatic heterocycles. The fraction of sp³-hybridized carbons (Fsp3) is 0.833. The molecule has 3 heteroatoms. The predicted molar refractivity (Wildman–Crippen MR) is 57.4 cm³/mol. The van der Waals surface area contributed by atoms with Crippen molar-refractivity contribution in [1.29, 1.82) is 0 Å². The van der Waals surface area contributed by atoms with Crippen LogP contribution >= 0.6 is 0 Å². The fourth-order valence-electron chi connectivity index (χ4n) is 2.13. The quantitative estimate of drug-likeness (QED) is 0.668. The van der Waals surface area contributed by atoms with Crippen LogP contribution in [-0.2, 0) is 14.2 Å². The molecule has 2 aliphatic rings. The molecule has 3 nitrogen and oxygen atoms in total. The third-order valence-corrected chi connectivity index (χ3v) is 2.91. The first-order valence-corrected chi connectivity index (χ1v) is 5.72. The Morgan fingerprint density at radius 3 is 2.80 bits per heavy atom. The first-order valence-electron chi connectivity index (χ1n) is 5.72. The van der Waals surface area contributed by atoms with Crippen LogP contribution in [0.5, 0.6) is 0 Å². The van der Waals surface area contributed by atoms with Gasteiger partial charge in [-0.25, -0.2) is 0 Å². The van der Waals surface area contributed by atoms with Crippen LogP contribution in [0.15, 0.2) is 11.8 Å². The zero-order valence-corrected chi connectivity index (χ0v) is 9.79. The second kappa shape index (κ2) is 4.14. The standard InChI is InChI=1S/C12H20O3/c1-9-6-4-5-7-10(14-9)11-8-13-12(2,3)15-11/h6,10-11H,4-5,7-8H2,1-3H3/t10-,11+/m0/s1. The number of allylic oxidation sites excluding steroid dienone is 2. The van der Waals surface area contributed by atoms with Gasteiger partial charge >= 0.3 is 0 Å². The van der Waals surface area contributed by atoms with E-state index in [-0.39, 0.29) is 12.2 Å². The second-order valence-corrected chi connectivity index (χ2v) is 4.77. The first kappa shape index (κ1) is 11.0. The van der Waals surface area contributed by atoms with Gasteiger partial charge in [0.25, 0.3) is 0 Å².